The molecule has 0 aromatic heterocycles. The number of hydrogen-bond acceptors (Lipinski definition) is 3. The zero-order valence-corrected chi connectivity index (χ0v) is 14.4. The molecule has 0 saturated carbocycles. The highest BCUT2D eigenvalue weighted by Gasteiger charge is 2.17. The zero-order valence-electron chi connectivity index (χ0n) is 13.6. The predicted octanol–water partition coefficient (Wildman–Crippen LogP) is 3.50. The molecule has 3 rings (SSSR count). The number of rotatable bonds is 5. The van der Waals surface area contributed by atoms with Crippen molar-refractivity contribution in [3.8, 4) is 0 Å². The molecule has 0 bridgehead atoms. The highest BCUT2D eigenvalue weighted by Crippen LogP contribution is 2.15. The van der Waals surface area contributed by atoms with Gasteiger partial charge in [-0.15, -0.1) is 0 Å². The summed E-state index contributed by atoms with van der Waals surface area (Å²) in [6.07, 6.45) is 2.09. The topological polar surface area (TPSA) is 67.4 Å². The van der Waals surface area contributed by atoms with E-state index in [-0.39, 0.29) is 17.9 Å². The van der Waals surface area contributed by atoms with Crippen molar-refractivity contribution in [3.05, 3.63) is 64.7 Å². The average molecular weight is 359 g/mol. The fourth-order valence-corrected chi connectivity index (χ4v) is 2.88. The number of carbonyl (C=O) groups excluding carboxylic acids is 2. The van der Waals surface area contributed by atoms with Crippen molar-refractivity contribution in [1.82, 2.24) is 5.32 Å². The van der Waals surface area contributed by atoms with Crippen molar-refractivity contribution < 1.29 is 14.3 Å². The van der Waals surface area contributed by atoms with Crippen LogP contribution in [0.3, 0.4) is 0 Å². The Kier molecular flexibility index (Phi) is 5.68. The quantitative estimate of drug-likeness (QED) is 0.859. The Morgan fingerprint density at radius 1 is 1.08 bits per heavy atom. The van der Waals surface area contributed by atoms with Gasteiger partial charge in [-0.2, -0.15) is 0 Å². The van der Waals surface area contributed by atoms with Crippen LogP contribution in [0, 0.1) is 0 Å². The summed E-state index contributed by atoms with van der Waals surface area (Å²) in [5.74, 6) is -0.464. The minimum Gasteiger partial charge on any atom is -0.376 e. The molecular formula is C19H19ClN2O3. The van der Waals surface area contributed by atoms with E-state index in [2.05, 4.69) is 10.6 Å². The molecule has 0 radical (unpaired) electrons. The molecule has 2 aromatic rings. The van der Waals surface area contributed by atoms with Gasteiger partial charge in [0.05, 0.1) is 6.10 Å². The molecule has 25 heavy (non-hydrogen) atoms. The molecule has 130 valence electrons. The van der Waals surface area contributed by atoms with Gasteiger partial charge in [-0.25, -0.2) is 0 Å². The summed E-state index contributed by atoms with van der Waals surface area (Å²) in [5.41, 5.74) is 1.50. The summed E-state index contributed by atoms with van der Waals surface area (Å²) >= 11 is 5.90. The molecular weight excluding hydrogens is 340 g/mol. The number of halogens is 1. The van der Waals surface area contributed by atoms with Crippen LogP contribution in [0.25, 0.3) is 0 Å². The van der Waals surface area contributed by atoms with Gasteiger partial charge in [0, 0.05) is 35.0 Å². The van der Waals surface area contributed by atoms with Crippen molar-refractivity contribution >= 4 is 29.1 Å². The molecule has 0 unspecified atom stereocenters. The minimum absolute atomic E-state index is 0.0923. The molecule has 1 aliphatic heterocycles. The molecule has 2 aromatic carbocycles. The van der Waals surface area contributed by atoms with E-state index in [1.807, 2.05) is 0 Å². The summed E-state index contributed by atoms with van der Waals surface area (Å²) in [7, 11) is 0. The molecule has 1 atom stereocenters. The zero-order chi connectivity index (χ0) is 17.6. The van der Waals surface area contributed by atoms with Crippen molar-refractivity contribution in [1.29, 1.82) is 0 Å². The molecule has 5 nitrogen and oxygen atoms in total. The third kappa shape index (κ3) is 4.81. The van der Waals surface area contributed by atoms with Crippen LogP contribution in [-0.2, 0) is 4.74 Å². The molecule has 1 heterocycles. The minimum atomic E-state index is -0.278. The lowest BCUT2D eigenvalue weighted by Crippen LogP contribution is -2.31. The summed E-state index contributed by atoms with van der Waals surface area (Å²) in [4.78, 5) is 24.5. The second-order valence-electron chi connectivity index (χ2n) is 5.89. The third-order valence-electron chi connectivity index (χ3n) is 3.98. The van der Waals surface area contributed by atoms with Gasteiger partial charge in [0.1, 0.15) is 0 Å². The number of anilines is 1. The van der Waals surface area contributed by atoms with Crippen LogP contribution in [0.2, 0.25) is 5.02 Å². The highest BCUT2D eigenvalue weighted by atomic mass is 35.5. The molecule has 6 heteroatoms. The van der Waals surface area contributed by atoms with Gasteiger partial charge in [-0.05, 0) is 49.2 Å². The second kappa shape index (κ2) is 8.14. The predicted molar refractivity (Wildman–Crippen MR) is 97.2 cm³/mol. The SMILES string of the molecule is O=C(NC[C@@H]1CCCO1)c1cccc(NC(=O)c2cccc(Cl)c2)c1. The van der Waals surface area contributed by atoms with E-state index >= 15 is 0 Å². The van der Waals surface area contributed by atoms with Gasteiger partial charge in [0.25, 0.3) is 11.8 Å². The van der Waals surface area contributed by atoms with Crippen LogP contribution >= 0.6 is 11.6 Å². The summed E-state index contributed by atoms with van der Waals surface area (Å²) < 4.78 is 5.49. The monoisotopic (exact) mass is 358 g/mol. The molecule has 1 fully saturated rings. The maximum atomic E-state index is 12.3. The van der Waals surface area contributed by atoms with E-state index in [1.54, 1.807) is 48.5 Å². The van der Waals surface area contributed by atoms with E-state index in [0.717, 1.165) is 19.4 Å². The number of nitrogens with one attached hydrogen (secondary N) is 2. The number of amides is 2. The molecule has 2 amide bonds. The van der Waals surface area contributed by atoms with E-state index in [4.69, 9.17) is 16.3 Å². The molecule has 1 saturated heterocycles. The van der Waals surface area contributed by atoms with Gasteiger partial charge < -0.3 is 15.4 Å². The Hall–Kier alpha value is -2.37. The van der Waals surface area contributed by atoms with Crippen molar-refractivity contribution in [2.24, 2.45) is 0 Å². The van der Waals surface area contributed by atoms with Crippen LogP contribution in [0.15, 0.2) is 48.5 Å². The standard InChI is InChI=1S/C19H19ClN2O3/c20-15-6-1-4-13(10-15)19(24)22-16-7-2-5-14(11-16)18(23)21-12-17-8-3-9-25-17/h1-2,4-7,10-11,17H,3,8-9,12H2,(H,21,23)(H,22,24)/t17-/m0/s1. The lowest BCUT2D eigenvalue weighted by Gasteiger charge is -2.11. The maximum absolute atomic E-state index is 12.3. The first-order chi connectivity index (χ1) is 12.1. The Morgan fingerprint density at radius 3 is 2.56 bits per heavy atom. The Morgan fingerprint density at radius 2 is 1.84 bits per heavy atom. The first-order valence-electron chi connectivity index (χ1n) is 8.18. The van der Waals surface area contributed by atoms with Gasteiger partial charge in [0.2, 0.25) is 0 Å². The van der Waals surface area contributed by atoms with Gasteiger partial charge in [-0.1, -0.05) is 23.7 Å². The number of hydrogen-bond donors (Lipinski definition) is 2. The summed E-state index contributed by atoms with van der Waals surface area (Å²) in [5, 5.41) is 6.14. The van der Waals surface area contributed by atoms with Crippen molar-refractivity contribution in [2.75, 3.05) is 18.5 Å². The van der Waals surface area contributed by atoms with Crippen molar-refractivity contribution in [2.45, 2.75) is 18.9 Å². The lowest BCUT2D eigenvalue weighted by molar-refractivity contribution is 0.0857. The first-order valence-corrected chi connectivity index (χ1v) is 8.56. The number of carbonyl (C=O) groups is 2. The number of ether oxygens (including phenoxy) is 1. The second-order valence-corrected chi connectivity index (χ2v) is 6.33. The maximum Gasteiger partial charge on any atom is 0.255 e. The van der Waals surface area contributed by atoms with E-state index in [0.29, 0.717) is 28.4 Å². The highest BCUT2D eigenvalue weighted by molar-refractivity contribution is 6.31. The van der Waals surface area contributed by atoms with E-state index in [1.165, 1.54) is 0 Å². The third-order valence-corrected chi connectivity index (χ3v) is 4.22. The molecule has 2 N–H and O–H groups in total. The molecule has 1 aliphatic rings. The lowest BCUT2D eigenvalue weighted by atomic mass is 10.1. The van der Waals surface area contributed by atoms with Gasteiger partial charge in [-0.3, -0.25) is 9.59 Å². The van der Waals surface area contributed by atoms with Crippen molar-refractivity contribution in [3.63, 3.8) is 0 Å². The fourth-order valence-electron chi connectivity index (χ4n) is 2.69. The fraction of sp³-hybridized carbons (Fsp3) is 0.263. The molecule has 0 aliphatic carbocycles. The first kappa shape index (κ1) is 17.5. The van der Waals surface area contributed by atoms with E-state index in [9.17, 15) is 9.59 Å². The largest absolute Gasteiger partial charge is 0.376 e. The van der Waals surface area contributed by atoms with Crippen LogP contribution in [-0.4, -0.2) is 31.1 Å². The summed E-state index contributed by atoms with van der Waals surface area (Å²) in [6.45, 7) is 1.25. The van der Waals surface area contributed by atoms with Gasteiger partial charge in [0.15, 0.2) is 0 Å². The van der Waals surface area contributed by atoms with Crippen LogP contribution in [0.1, 0.15) is 33.6 Å². The Balaban J connectivity index is 1.62. The Labute approximate surface area is 151 Å². The van der Waals surface area contributed by atoms with Crippen LogP contribution in [0.5, 0.6) is 0 Å². The van der Waals surface area contributed by atoms with Crippen LogP contribution in [0.4, 0.5) is 5.69 Å². The average Bonchev–Trinajstić information content (AvgIpc) is 3.13. The summed E-state index contributed by atoms with van der Waals surface area (Å²) in [6, 6.07) is 13.5. The molecule has 0 spiro atoms. The Bertz CT molecular complexity index is 773. The normalized spacial score (nSPS) is 16.4. The van der Waals surface area contributed by atoms with E-state index < -0.39 is 0 Å². The van der Waals surface area contributed by atoms with Crippen LogP contribution < -0.4 is 10.6 Å². The smallest absolute Gasteiger partial charge is 0.255 e. The number of benzene rings is 2. The van der Waals surface area contributed by atoms with Gasteiger partial charge >= 0.3 is 0 Å².